The molecule has 2 rings (SSSR count). The predicted octanol–water partition coefficient (Wildman–Crippen LogP) is 1.85. The van der Waals surface area contributed by atoms with Gasteiger partial charge in [0.15, 0.2) is 0 Å². The Bertz CT molecular complexity index is 519. The minimum absolute atomic E-state index is 0.0385. The van der Waals surface area contributed by atoms with Crippen molar-refractivity contribution in [2.45, 2.75) is 32.9 Å². The molecule has 1 aromatic heterocycles. The van der Waals surface area contributed by atoms with E-state index in [9.17, 15) is 4.79 Å². The molecule has 5 heteroatoms. The molecule has 19 heavy (non-hydrogen) atoms. The van der Waals surface area contributed by atoms with Crippen molar-refractivity contribution in [2.75, 3.05) is 0 Å². The number of aryl methyl sites for hydroxylation is 1. The Hall–Kier alpha value is -2.17. The largest absolute Gasteiger partial charge is 0.348 e. The quantitative estimate of drug-likeness (QED) is 0.890. The highest BCUT2D eigenvalue weighted by Crippen LogP contribution is 2.16. The van der Waals surface area contributed by atoms with Crippen molar-refractivity contribution in [3.05, 3.63) is 48.0 Å². The van der Waals surface area contributed by atoms with Gasteiger partial charge >= 0.3 is 0 Å². The van der Waals surface area contributed by atoms with Gasteiger partial charge in [-0.15, -0.1) is 0 Å². The summed E-state index contributed by atoms with van der Waals surface area (Å²) in [7, 11) is 0. The van der Waals surface area contributed by atoms with Crippen LogP contribution >= 0.6 is 0 Å². The number of nitrogens with zero attached hydrogens (tertiary/aromatic N) is 3. The van der Waals surface area contributed by atoms with Gasteiger partial charge in [-0.05, 0) is 18.9 Å². The lowest BCUT2D eigenvalue weighted by molar-refractivity contribution is -0.122. The van der Waals surface area contributed by atoms with E-state index in [1.807, 2.05) is 6.92 Å². The van der Waals surface area contributed by atoms with E-state index in [1.54, 1.807) is 0 Å². The molecule has 0 aliphatic rings. The lowest BCUT2D eigenvalue weighted by Gasteiger charge is -2.17. The topological polar surface area (TPSA) is 59.8 Å². The molecule has 1 atom stereocenters. The molecule has 0 spiro atoms. The number of hydrogen-bond acceptors (Lipinski definition) is 3. The zero-order valence-electron chi connectivity index (χ0n) is 11.2. The van der Waals surface area contributed by atoms with Crippen LogP contribution in [0.25, 0.3) is 0 Å². The first-order valence-electron chi connectivity index (χ1n) is 6.37. The fourth-order valence-corrected chi connectivity index (χ4v) is 1.92. The molecule has 2 aromatic rings. The van der Waals surface area contributed by atoms with E-state index in [0.29, 0.717) is 0 Å². The Morgan fingerprint density at radius 1 is 1.37 bits per heavy atom. The van der Waals surface area contributed by atoms with Crippen LogP contribution in [0.15, 0.2) is 36.9 Å². The maximum atomic E-state index is 11.9. The zero-order chi connectivity index (χ0) is 13.7. The number of carbonyl (C=O) groups excluding carboxylic acids is 1. The maximum Gasteiger partial charge on any atom is 0.242 e. The van der Waals surface area contributed by atoms with Gasteiger partial charge in [0.2, 0.25) is 5.91 Å². The second-order valence-corrected chi connectivity index (χ2v) is 4.53. The van der Waals surface area contributed by atoms with Gasteiger partial charge in [-0.2, -0.15) is 5.10 Å². The van der Waals surface area contributed by atoms with Gasteiger partial charge in [-0.1, -0.05) is 36.8 Å². The summed E-state index contributed by atoms with van der Waals surface area (Å²) in [5, 5.41) is 6.93. The third-order valence-electron chi connectivity index (χ3n) is 3.00. The minimum atomic E-state index is -0.0575. The Morgan fingerprint density at radius 3 is 2.68 bits per heavy atom. The Balaban J connectivity index is 1.98. The van der Waals surface area contributed by atoms with Gasteiger partial charge in [-0.25, -0.2) is 9.67 Å². The molecular weight excluding hydrogens is 240 g/mol. The number of nitrogens with one attached hydrogen (secondary N) is 1. The summed E-state index contributed by atoms with van der Waals surface area (Å²) >= 11 is 0. The number of aromatic nitrogens is 3. The second-order valence-electron chi connectivity index (χ2n) is 4.53. The van der Waals surface area contributed by atoms with Crippen LogP contribution in [0, 0.1) is 6.92 Å². The fraction of sp³-hybridized carbons (Fsp3) is 0.357. The molecular formula is C14H18N4O. The summed E-state index contributed by atoms with van der Waals surface area (Å²) in [5.41, 5.74) is 2.34. The van der Waals surface area contributed by atoms with Gasteiger partial charge in [0.05, 0.1) is 6.04 Å². The lowest BCUT2D eigenvalue weighted by atomic mass is 10.0. The average Bonchev–Trinajstić information content (AvgIpc) is 2.90. The lowest BCUT2D eigenvalue weighted by Crippen LogP contribution is -2.31. The molecule has 0 radical (unpaired) electrons. The molecule has 0 aliphatic heterocycles. The van der Waals surface area contributed by atoms with Crippen molar-refractivity contribution in [3.63, 3.8) is 0 Å². The second kappa shape index (κ2) is 6.13. The highest BCUT2D eigenvalue weighted by Gasteiger charge is 2.12. The highest BCUT2D eigenvalue weighted by molar-refractivity contribution is 5.76. The predicted molar refractivity (Wildman–Crippen MR) is 72.4 cm³/mol. The number of hydrogen-bond donors (Lipinski definition) is 1. The van der Waals surface area contributed by atoms with E-state index < -0.39 is 0 Å². The maximum absolute atomic E-state index is 11.9. The Morgan fingerprint density at radius 2 is 2.11 bits per heavy atom. The van der Waals surface area contributed by atoms with E-state index in [-0.39, 0.29) is 18.5 Å². The Labute approximate surface area is 112 Å². The number of benzene rings is 1. The van der Waals surface area contributed by atoms with Crippen LogP contribution in [-0.2, 0) is 11.3 Å². The van der Waals surface area contributed by atoms with Gasteiger partial charge in [0.25, 0.3) is 0 Å². The molecule has 0 bridgehead atoms. The van der Waals surface area contributed by atoms with Crippen LogP contribution in [-0.4, -0.2) is 20.7 Å². The van der Waals surface area contributed by atoms with Crippen LogP contribution in [0.3, 0.4) is 0 Å². The molecule has 0 fully saturated rings. The summed E-state index contributed by atoms with van der Waals surface area (Å²) in [4.78, 5) is 15.7. The van der Waals surface area contributed by atoms with Crippen molar-refractivity contribution in [3.8, 4) is 0 Å². The summed E-state index contributed by atoms with van der Waals surface area (Å²) in [6.07, 6.45) is 3.81. The molecule has 0 saturated carbocycles. The Kier molecular flexibility index (Phi) is 4.28. The SMILES string of the molecule is CCC(NC(=O)Cn1cncn1)c1ccc(C)cc1. The smallest absolute Gasteiger partial charge is 0.242 e. The number of amides is 1. The molecule has 1 amide bonds. The molecule has 1 N–H and O–H groups in total. The highest BCUT2D eigenvalue weighted by atomic mass is 16.2. The van der Waals surface area contributed by atoms with Crippen molar-refractivity contribution in [2.24, 2.45) is 0 Å². The average molecular weight is 258 g/mol. The first-order valence-corrected chi connectivity index (χ1v) is 6.37. The molecule has 1 heterocycles. The van der Waals surface area contributed by atoms with Crippen LogP contribution < -0.4 is 5.32 Å². The van der Waals surface area contributed by atoms with Crippen LogP contribution in [0.2, 0.25) is 0 Å². The van der Waals surface area contributed by atoms with Crippen LogP contribution in [0.5, 0.6) is 0 Å². The van der Waals surface area contributed by atoms with Crippen LogP contribution in [0.4, 0.5) is 0 Å². The van der Waals surface area contributed by atoms with E-state index in [0.717, 1.165) is 12.0 Å². The normalized spacial score (nSPS) is 12.1. The molecule has 0 saturated heterocycles. The summed E-state index contributed by atoms with van der Waals surface area (Å²) < 4.78 is 1.51. The van der Waals surface area contributed by atoms with Crippen molar-refractivity contribution >= 4 is 5.91 Å². The molecule has 1 unspecified atom stereocenters. The van der Waals surface area contributed by atoms with Crippen LogP contribution in [0.1, 0.15) is 30.5 Å². The van der Waals surface area contributed by atoms with Gasteiger partial charge in [0, 0.05) is 0 Å². The molecule has 100 valence electrons. The zero-order valence-corrected chi connectivity index (χ0v) is 11.2. The van der Waals surface area contributed by atoms with Gasteiger partial charge < -0.3 is 5.32 Å². The third-order valence-corrected chi connectivity index (χ3v) is 3.00. The fourth-order valence-electron chi connectivity index (χ4n) is 1.92. The summed E-state index contributed by atoms with van der Waals surface area (Å²) in [6, 6.07) is 8.26. The van der Waals surface area contributed by atoms with Crippen molar-refractivity contribution in [1.82, 2.24) is 20.1 Å². The van der Waals surface area contributed by atoms with E-state index in [4.69, 9.17) is 0 Å². The van der Waals surface area contributed by atoms with Gasteiger partial charge in [-0.3, -0.25) is 4.79 Å². The van der Waals surface area contributed by atoms with Crippen molar-refractivity contribution < 1.29 is 4.79 Å². The minimum Gasteiger partial charge on any atom is -0.348 e. The van der Waals surface area contributed by atoms with E-state index in [2.05, 4.69) is 46.6 Å². The summed E-state index contributed by atoms with van der Waals surface area (Å²) in [5.74, 6) is -0.0575. The summed E-state index contributed by atoms with van der Waals surface area (Å²) in [6.45, 7) is 4.30. The number of rotatable bonds is 5. The molecule has 0 aliphatic carbocycles. The van der Waals surface area contributed by atoms with E-state index >= 15 is 0 Å². The molecule has 5 nitrogen and oxygen atoms in total. The monoisotopic (exact) mass is 258 g/mol. The van der Waals surface area contributed by atoms with Gasteiger partial charge in [0.1, 0.15) is 19.2 Å². The molecule has 1 aromatic carbocycles. The first kappa shape index (κ1) is 13.3. The number of carbonyl (C=O) groups is 1. The van der Waals surface area contributed by atoms with E-state index in [1.165, 1.54) is 22.9 Å². The standard InChI is InChI=1S/C14H18N4O/c1-3-13(12-6-4-11(2)5-7-12)17-14(19)8-18-10-15-9-16-18/h4-7,9-10,13H,3,8H2,1-2H3,(H,17,19). The third kappa shape index (κ3) is 3.64. The van der Waals surface area contributed by atoms with Crippen molar-refractivity contribution in [1.29, 1.82) is 0 Å². The first-order chi connectivity index (χ1) is 9.19.